The number of carbonyl (C=O) groups is 1. The van der Waals surface area contributed by atoms with Crippen LogP contribution in [-0.2, 0) is 11.2 Å². The van der Waals surface area contributed by atoms with Gasteiger partial charge in [0, 0.05) is 23.4 Å². The van der Waals surface area contributed by atoms with E-state index in [0.717, 1.165) is 25.8 Å². The number of hydrogen-bond donors (Lipinski definition) is 0. The lowest BCUT2D eigenvalue weighted by Gasteiger charge is -2.33. The minimum atomic E-state index is 0.362. The van der Waals surface area contributed by atoms with Crippen LogP contribution in [0.25, 0.3) is 0 Å². The summed E-state index contributed by atoms with van der Waals surface area (Å²) in [5.74, 6) is 0.846. The lowest BCUT2D eigenvalue weighted by molar-refractivity contribution is -0.124. The van der Waals surface area contributed by atoms with Gasteiger partial charge < -0.3 is 0 Å². The van der Waals surface area contributed by atoms with Gasteiger partial charge in [0.25, 0.3) is 0 Å². The molecule has 1 aliphatic heterocycles. The second kappa shape index (κ2) is 5.14. The van der Waals surface area contributed by atoms with Crippen LogP contribution >= 0.6 is 11.3 Å². The predicted octanol–water partition coefficient (Wildman–Crippen LogP) is 3.43. The van der Waals surface area contributed by atoms with Gasteiger partial charge in [0.1, 0.15) is 5.78 Å². The number of ketones is 1. The third-order valence-electron chi connectivity index (χ3n) is 4.57. The molecule has 0 amide bonds. The molecule has 2 nitrogen and oxygen atoms in total. The number of fused-ring (bicyclic) bond motifs is 1. The van der Waals surface area contributed by atoms with Crippen molar-refractivity contribution in [1.82, 2.24) is 4.90 Å². The zero-order valence-electron chi connectivity index (χ0n) is 11.0. The van der Waals surface area contributed by atoms with E-state index in [2.05, 4.69) is 23.3 Å². The first-order valence-corrected chi connectivity index (χ1v) is 7.96. The van der Waals surface area contributed by atoms with E-state index in [1.54, 1.807) is 0 Å². The van der Waals surface area contributed by atoms with Gasteiger partial charge in [0.15, 0.2) is 0 Å². The molecular weight excluding hydrogens is 242 g/mol. The van der Waals surface area contributed by atoms with Crippen molar-refractivity contribution in [2.75, 3.05) is 13.1 Å². The van der Waals surface area contributed by atoms with Crippen molar-refractivity contribution in [3.63, 3.8) is 0 Å². The van der Waals surface area contributed by atoms with Crippen LogP contribution in [0.3, 0.4) is 0 Å². The van der Waals surface area contributed by atoms with Crippen molar-refractivity contribution in [2.45, 2.75) is 45.1 Å². The largest absolute Gasteiger partial charge is 0.298 e. The Bertz CT molecular complexity index is 433. The molecule has 0 aromatic carbocycles. The Morgan fingerprint density at radius 3 is 3.00 bits per heavy atom. The lowest BCUT2D eigenvalue weighted by atomic mass is 9.98. The van der Waals surface area contributed by atoms with Crippen molar-refractivity contribution >= 4 is 17.1 Å². The minimum Gasteiger partial charge on any atom is -0.298 e. The molecule has 0 saturated heterocycles. The summed E-state index contributed by atoms with van der Waals surface area (Å²) in [7, 11) is 0. The van der Waals surface area contributed by atoms with Gasteiger partial charge in [-0.25, -0.2) is 0 Å². The van der Waals surface area contributed by atoms with Gasteiger partial charge in [0.2, 0.25) is 0 Å². The lowest BCUT2D eigenvalue weighted by Crippen LogP contribution is -2.38. The van der Waals surface area contributed by atoms with E-state index in [4.69, 9.17) is 0 Å². The van der Waals surface area contributed by atoms with Crippen molar-refractivity contribution in [1.29, 1.82) is 0 Å². The fourth-order valence-electron chi connectivity index (χ4n) is 3.35. The molecule has 0 spiro atoms. The molecule has 3 rings (SSSR count). The maximum absolute atomic E-state index is 12.3. The molecule has 2 aliphatic rings. The highest BCUT2D eigenvalue weighted by atomic mass is 32.1. The standard InChI is InChI=1S/C15H21NOS/c1-11-13-7-9-18-15(13)6-8-16(11)10-14(17)12-4-2-3-5-12/h7,9,11-12H,2-6,8,10H2,1H3. The van der Waals surface area contributed by atoms with E-state index in [9.17, 15) is 4.79 Å². The Hall–Kier alpha value is -0.670. The summed E-state index contributed by atoms with van der Waals surface area (Å²) in [6.45, 7) is 3.96. The van der Waals surface area contributed by atoms with Crippen LogP contribution in [0.2, 0.25) is 0 Å². The average molecular weight is 263 g/mol. The molecular formula is C15H21NOS. The van der Waals surface area contributed by atoms with Crippen LogP contribution in [0, 0.1) is 5.92 Å². The Labute approximate surface area is 113 Å². The molecule has 0 radical (unpaired) electrons. The first-order chi connectivity index (χ1) is 8.75. The highest BCUT2D eigenvalue weighted by molar-refractivity contribution is 7.10. The Kier molecular flexibility index (Phi) is 3.53. The number of nitrogens with zero attached hydrogens (tertiary/aromatic N) is 1. The van der Waals surface area contributed by atoms with Crippen LogP contribution in [0.15, 0.2) is 11.4 Å². The monoisotopic (exact) mass is 263 g/mol. The normalized spacial score (nSPS) is 25.3. The van der Waals surface area contributed by atoms with Crippen LogP contribution in [0.5, 0.6) is 0 Å². The molecule has 18 heavy (non-hydrogen) atoms. The van der Waals surface area contributed by atoms with Gasteiger partial charge in [-0.2, -0.15) is 0 Å². The summed E-state index contributed by atoms with van der Waals surface area (Å²) in [6.07, 6.45) is 5.88. The smallest absolute Gasteiger partial charge is 0.149 e. The van der Waals surface area contributed by atoms with Crippen LogP contribution in [0.1, 0.15) is 49.1 Å². The first kappa shape index (κ1) is 12.4. The topological polar surface area (TPSA) is 20.3 Å². The zero-order chi connectivity index (χ0) is 12.5. The van der Waals surface area contributed by atoms with Crippen molar-refractivity contribution in [2.24, 2.45) is 5.92 Å². The molecule has 1 saturated carbocycles. The molecule has 0 bridgehead atoms. The van der Waals surface area contributed by atoms with Crippen molar-refractivity contribution in [3.8, 4) is 0 Å². The van der Waals surface area contributed by atoms with E-state index >= 15 is 0 Å². The van der Waals surface area contributed by atoms with Gasteiger partial charge in [-0.1, -0.05) is 12.8 Å². The van der Waals surface area contributed by atoms with Gasteiger partial charge in [-0.15, -0.1) is 11.3 Å². The molecule has 1 aromatic heterocycles. The maximum Gasteiger partial charge on any atom is 0.149 e. The highest BCUT2D eigenvalue weighted by Crippen LogP contribution is 2.33. The second-order valence-corrected chi connectivity index (χ2v) is 6.64. The molecule has 0 N–H and O–H groups in total. The van der Waals surface area contributed by atoms with Crippen molar-refractivity contribution in [3.05, 3.63) is 21.9 Å². The van der Waals surface area contributed by atoms with Gasteiger partial charge >= 0.3 is 0 Å². The third-order valence-corrected chi connectivity index (χ3v) is 5.57. The minimum absolute atomic E-state index is 0.362. The molecule has 1 atom stereocenters. The first-order valence-electron chi connectivity index (χ1n) is 7.08. The summed E-state index contributed by atoms with van der Waals surface area (Å²) >= 11 is 1.86. The number of thiophene rings is 1. The van der Waals surface area contributed by atoms with Crippen LogP contribution < -0.4 is 0 Å². The fraction of sp³-hybridized carbons (Fsp3) is 0.667. The summed E-state index contributed by atoms with van der Waals surface area (Å²) < 4.78 is 0. The molecule has 98 valence electrons. The number of hydrogen-bond acceptors (Lipinski definition) is 3. The fourth-order valence-corrected chi connectivity index (χ4v) is 4.32. The van der Waals surface area contributed by atoms with Gasteiger partial charge in [-0.3, -0.25) is 9.69 Å². The van der Waals surface area contributed by atoms with E-state index in [-0.39, 0.29) is 0 Å². The van der Waals surface area contributed by atoms with Gasteiger partial charge in [0.05, 0.1) is 6.54 Å². The molecule has 1 aliphatic carbocycles. The maximum atomic E-state index is 12.3. The number of Topliss-reactive ketones (excluding diaryl/α,β-unsaturated/α-hetero) is 1. The zero-order valence-corrected chi connectivity index (χ0v) is 11.8. The SMILES string of the molecule is CC1c2ccsc2CCN1CC(=O)C1CCCC1. The summed E-state index contributed by atoms with van der Waals surface area (Å²) in [5.41, 5.74) is 1.45. The van der Waals surface area contributed by atoms with Gasteiger partial charge in [-0.05, 0) is 43.2 Å². The Balaban J connectivity index is 1.65. The molecule has 1 aromatic rings. The van der Waals surface area contributed by atoms with E-state index in [1.165, 1.54) is 23.3 Å². The third kappa shape index (κ3) is 2.26. The Morgan fingerprint density at radius 2 is 2.22 bits per heavy atom. The highest BCUT2D eigenvalue weighted by Gasteiger charge is 2.29. The predicted molar refractivity (Wildman–Crippen MR) is 75.0 cm³/mol. The quantitative estimate of drug-likeness (QED) is 0.832. The summed E-state index contributed by atoms with van der Waals surface area (Å²) in [5, 5.41) is 2.18. The van der Waals surface area contributed by atoms with Crippen LogP contribution in [-0.4, -0.2) is 23.8 Å². The summed E-state index contributed by atoms with van der Waals surface area (Å²) in [6, 6.07) is 2.65. The van der Waals surface area contributed by atoms with E-state index in [0.29, 0.717) is 24.3 Å². The molecule has 1 unspecified atom stereocenters. The Morgan fingerprint density at radius 1 is 1.44 bits per heavy atom. The molecule has 3 heteroatoms. The second-order valence-electron chi connectivity index (χ2n) is 5.64. The van der Waals surface area contributed by atoms with E-state index in [1.807, 2.05) is 11.3 Å². The number of carbonyl (C=O) groups excluding carboxylic acids is 1. The number of rotatable bonds is 3. The molecule has 1 fully saturated rings. The summed E-state index contributed by atoms with van der Waals surface area (Å²) in [4.78, 5) is 16.2. The van der Waals surface area contributed by atoms with Crippen LogP contribution in [0.4, 0.5) is 0 Å². The van der Waals surface area contributed by atoms with Crippen molar-refractivity contribution < 1.29 is 4.79 Å². The molecule has 2 heterocycles. The van der Waals surface area contributed by atoms with E-state index < -0.39 is 0 Å². The average Bonchev–Trinajstić information content (AvgIpc) is 3.02.